The maximum atomic E-state index is 13.4. The summed E-state index contributed by atoms with van der Waals surface area (Å²) in [6, 6.07) is 17.5. The Morgan fingerprint density at radius 2 is 0.714 bits per heavy atom. The third-order valence-corrected chi connectivity index (χ3v) is 13.7. The third kappa shape index (κ3) is 24.0. The molecule has 0 saturated heterocycles. The molecular formula is C62H72O22. The van der Waals surface area contributed by atoms with Gasteiger partial charge in [0.2, 0.25) is 0 Å². The van der Waals surface area contributed by atoms with E-state index in [2.05, 4.69) is 13.2 Å². The molecular weight excluding hydrogens is 1100 g/mol. The van der Waals surface area contributed by atoms with Crippen LogP contribution in [0.25, 0.3) is 0 Å². The van der Waals surface area contributed by atoms with E-state index < -0.39 is 89.3 Å². The Morgan fingerprint density at radius 1 is 0.405 bits per heavy atom. The summed E-state index contributed by atoms with van der Waals surface area (Å²) in [6.07, 6.45) is 7.15. The number of rotatable bonds is 33. The van der Waals surface area contributed by atoms with Gasteiger partial charge in [0, 0.05) is 25.0 Å². The summed E-state index contributed by atoms with van der Waals surface area (Å²) >= 11 is 0. The van der Waals surface area contributed by atoms with Gasteiger partial charge in [-0.3, -0.25) is 38.4 Å². The summed E-state index contributed by atoms with van der Waals surface area (Å²) < 4.78 is 57.8. The molecule has 0 spiro atoms. The van der Waals surface area contributed by atoms with E-state index >= 15 is 0 Å². The first-order chi connectivity index (χ1) is 40.5. The van der Waals surface area contributed by atoms with Gasteiger partial charge in [0.05, 0.1) is 96.1 Å². The number of carbonyl (C=O) groups is 11. The molecule has 2 aliphatic rings. The Labute approximate surface area is 486 Å². The molecule has 2 saturated carbocycles. The lowest BCUT2D eigenvalue weighted by Crippen LogP contribution is -2.31. The summed E-state index contributed by atoms with van der Waals surface area (Å²) in [7, 11) is 1.16. The lowest BCUT2D eigenvalue weighted by molar-refractivity contribution is -0.150. The average Bonchev–Trinajstić information content (AvgIpc) is 3.61. The van der Waals surface area contributed by atoms with Crippen molar-refractivity contribution >= 4 is 65.7 Å². The zero-order valence-corrected chi connectivity index (χ0v) is 47.2. The van der Waals surface area contributed by atoms with E-state index in [-0.39, 0.29) is 82.4 Å². The second kappa shape index (κ2) is 36.0. The molecule has 22 nitrogen and oxygen atoms in total. The van der Waals surface area contributed by atoms with Crippen LogP contribution in [-0.2, 0) is 93.9 Å². The molecule has 0 unspecified atom stereocenters. The molecule has 0 N–H and O–H groups in total. The van der Waals surface area contributed by atoms with Crippen molar-refractivity contribution in [2.45, 2.75) is 116 Å². The fourth-order valence-electron chi connectivity index (χ4n) is 8.81. The number of unbranched alkanes of at least 4 members (excludes halogenated alkanes) is 2. The van der Waals surface area contributed by atoms with Gasteiger partial charge in [0.1, 0.15) is 28.6 Å². The average molecular weight is 1170 g/mol. The van der Waals surface area contributed by atoms with E-state index in [1.54, 1.807) is 48.5 Å². The van der Waals surface area contributed by atoms with Gasteiger partial charge in [-0.15, -0.1) is 0 Å². The van der Waals surface area contributed by atoms with Crippen molar-refractivity contribution in [2.24, 2.45) is 23.7 Å². The highest BCUT2D eigenvalue weighted by atomic mass is 16.6. The highest BCUT2D eigenvalue weighted by Gasteiger charge is 2.35. The molecule has 22 heteroatoms. The number of benzene rings is 3. The fraction of sp³-hybridized carbons (Fsp3) is 0.468. The van der Waals surface area contributed by atoms with Crippen molar-refractivity contribution in [2.75, 3.05) is 46.8 Å². The largest absolute Gasteiger partial charge is 0.466 e. The molecule has 3 aromatic carbocycles. The number of esters is 11. The summed E-state index contributed by atoms with van der Waals surface area (Å²) in [5.41, 5.74) is 1.50. The first-order valence-corrected chi connectivity index (χ1v) is 28.0. The standard InChI is InChI=1S/C62H72O22/c1-4-52(63)75-34-6-8-36-77-54(65)28-30-56(67)79-38-32-41-10-22-47(23-11-41)81-58(69)43-14-16-45(17-15-43)60(71)83-49-26-27-51(50(40-49)62(73)74-3)84-61(72)46-20-18-44(19-21-46)59(70)82-48-24-12-42(13-25-48)33-39-80-57(68)31-29-55(66)78-37-9-7-35-76-53(64)5-2/h4-5,10-13,22-27,40,43-46H,1-2,6-9,14-21,28-39H2,3H3. The Kier molecular flexibility index (Phi) is 28.3. The summed E-state index contributed by atoms with van der Waals surface area (Å²) in [4.78, 5) is 136. The van der Waals surface area contributed by atoms with Crippen molar-refractivity contribution < 1.29 is 105 Å². The first-order valence-electron chi connectivity index (χ1n) is 28.0. The molecule has 0 heterocycles. The van der Waals surface area contributed by atoms with Crippen LogP contribution in [0.4, 0.5) is 0 Å². The predicted octanol–water partition coefficient (Wildman–Crippen LogP) is 7.95. The van der Waals surface area contributed by atoms with Crippen LogP contribution >= 0.6 is 0 Å². The second-order valence-electron chi connectivity index (χ2n) is 19.8. The molecule has 3 aromatic rings. The van der Waals surface area contributed by atoms with E-state index in [1.165, 1.54) is 18.2 Å². The lowest BCUT2D eigenvalue weighted by Gasteiger charge is -2.26. The summed E-state index contributed by atoms with van der Waals surface area (Å²) in [6.45, 7) is 7.41. The van der Waals surface area contributed by atoms with Crippen LogP contribution in [0.3, 0.4) is 0 Å². The van der Waals surface area contributed by atoms with Crippen LogP contribution in [0.2, 0.25) is 0 Å². The molecule has 0 atom stereocenters. The molecule has 0 amide bonds. The minimum atomic E-state index is -0.832. The van der Waals surface area contributed by atoms with Gasteiger partial charge < -0.3 is 52.1 Å². The normalized spacial score (nSPS) is 16.2. The Balaban J connectivity index is 0.945. The van der Waals surface area contributed by atoms with E-state index in [4.69, 9.17) is 52.1 Å². The quantitative estimate of drug-likeness (QED) is 0.0184. The molecule has 452 valence electrons. The smallest absolute Gasteiger partial charge is 0.341 e. The molecule has 84 heavy (non-hydrogen) atoms. The zero-order chi connectivity index (χ0) is 60.6. The maximum Gasteiger partial charge on any atom is 0.341 e. The number of ether oxygens (including phenoxy) is 11. The monoisotopic (exact) mass is 1170 g/mol. The highest BCUT2D eigenvalue weighted by Crippen LogP contribution is 2.35. The fourth-order valence-corrected chi connectivity index (χ4v) is 8.81. The van der Waals surface area contributed by atoms with Crippen LogP contribution in [0, 0.1) is 23.7 Å². The third-order valence-electron chi connectivity index (χ3n) is 13.7. The molecule has 0 aromatic heterocycles. The zero-order valence-electron chi connectivity index (χ0n) is 47.2. The van der Waals surface area contributed by atoms with Gasteiger partial charge in [0.25, 0.3) is 0 Å². The van der Waals surface area contributed by atoms with Gasteiger partial charge in [0.15, 0.2) is 0 Å². The number of hydrogen-bond donors (Lipinski definition) is 0. The first kappa shape index (κ1) is 66.1. The molecule has 0 aliphatic heterocycles. The van der Waals surface area contributed by atoms with Crippen molar-refractivity contribution in [1.29, 1.82) is 0 Å². The van der Waals surface area contributed by atoms with Crippen molar-refractivity contribution in [3.63, 3.8) is 0 Å². The van der Waals surface area contributed by atoms with E-state index in [9.17, 15) is 52.7 Å². The van der Waals surface area contributed by atoms with Crippen LogP contribution in [0.1, 0.15) is 124 Å². The van der Waals surface area contributed by atoms with Crippen molar-refractivity contribution in [1.82, 2.24) is 0 Å². The van der Waals surface area contributed by atoms with E-state index in [0.29, 0.717) is 101 Å². The van der Waals surface area contributed by atoms with Gasteiger partial charge in [-0.2, -0.15) is 0 Å². The minimum absolute atomic E-state index is 0.0243. The van der Waals surface area contributed by atoms with E-state index in [0.717, 1.165) is 30.4 Å². The van der Waals surface area contributed by atoms with Gasteiger partial charge >= 0.3 is 65.7 Å². The topological polar surface area (TPSA) is 289 Å². The molecule has 5 rings (SSSR count). The number of methoxy groups -OCH3 is 1. The molecule has 2 fully saturated rings. The Hall–Kier alpha value is -8.69. The Bertz CT molecular complexity index is 2750. The van der Waals surface area contributed by atoms with Crippen LogP contribution in [-0.4, -0.2) is 112 Å². The molecule has 2 aliphatic carbocycles. The molecule has 0 bridgehead atoms. The van der Waals surface area contributed by atoms with Crippen LogP contribution in [0.5, 0.6) is 23.0 Å². The van der Waals surface area contributed by atoms with E-state index in [1.807, 2.05) is 0 Å². The highest BCUT2D eigenvalue weighted by molar-refractivity contribution is 5.94. The summed E-state index contributed by atoms with van der Waals surface area (Å²) in [5.74, 6) is -7.58. The lowest BCUT2D eigenvalue weighted by atomic mass is 9.82. The molecule has 0 radical (unpaired) electrons. The summed E-state index contributed by atoms with van der Waals surface area (Å²) in [5, 5.41) is 0. The predicted molar refractivity (Wildman–Crippen MR) is 295 cm³/mol. The second-order valence-corrected chi connectivity index (χ2v) is 19.8. The van der Waals surface area contributed by atoms with Crippen molar-refractivity contribution in [3.05, 3.63) is 109 Å². The van der Waals surface area contributed by atoms with Crippen LogP contribution in [0.15, 0.2) is 92.0 Å². The van der Waals surface area contributed by atoms with Crippen LogP contribution < -0.4 is 18.9 Å². The van der Waals surface area contributed by atoms with Crippen molar-refractivity contribution in [3.8, 4) is 23.0 Å². The SMILES string of the molecule is C=CC(=O)OCCCCOC(=O)CCC(=O)OCCc1ccc(OC(=O)C2CCC(C(=O)Oc3ccc(OC(=O)C4CCC(C(=O)Oc5ccc(CCOC(=O)CCC(=O)OCCCCOC(=O)C=C)cc5)CC4)c(C(=O)OC)c3)CC2)cc1. The minimum Gasteiger partial charge on any atom is -0.466 e. The van der Waals surface area contributed by atoms with Gasteiger partial charge in [-0.05, 0) is 131 Å². The van der Waals surface area contributed by atoms with Gasteiger partial charge in [-0.25, -0.2) is 14.4 Å². The Morgan fingerprint density at radius 3 is 1.06 bits per heavy atom. The number of carbonyl (C=O) groups excluding carboxylic acids is 11. The number of hydrogen-bond acceptors (Lipinski definition) is 22. The maximum absolute atomic E-state index is 13.4. The van der Waals surface area contributed by atoms with Gasteiger partial charge in [-0.1, -0.05) is 37.4 Å².